The van der Waals surface area contributed by atoms with Crippen molar-refractivity contribution in [3.8, 4) is 0 Å². The Labute approximate surface area is 50.2 Å². The zero-order valence-electron chi connectivity index (χ0n) is 5.30. The van der Waals surface area contributed by atoms with Gasteiger partial charge < -0.3 is 11.5 Å². The quantitative estimate of drug-likeness (QED) is 0.468. The van der Waals surface area contributed by atoms with E-state index in [-0.39, 0.29) is 12.1 Å². The third-order valence-electron chi connectivity index (χ3n) is 1.90. The van der Waals surface area contributed by atoms with Gasteiger partial charge in [-0.1, -0.05) is 6.92 Å². The van der Waals surface area contributed by atoms with Gasteiger partial charge >= 0.3 is 0 Å². The molecule has 1 fully saturated rings. The van der Waals surface area contributed by atoms with Gasteiger partial charge in [-0.05, 0) is 18.8 Å². The fourth-order valence-corrected chi connectivity index (χ4v) is 1.38. The monoisotopic (exact) mass is 114 g/mol. The first-order valence-corrected chi connectivity index (χ1v) is 3.21. The molecule has 0 aromatic heterocycles. The molecule has 2 atom stereocenters. The molecule has 2 nitrogen and oxygen atoms in total. The van der Waals surface area contributed by atoms with Crippen molar-refractivity contribution in [1.29, 1.82) is 0 Å². The summed E-state index contributed by atoms with van der Waals surface area (Å²) in [5, 5.41) is 0. The highest BCUT2D eigenvalue weighted by molar-refractivity contribution is 4.86. The molecular formula is C6H14N2. The van der Waals surface area contributed by atoms with Gasteiger partial charge in [-0.2, -0.15) is 0 Å². The van der Waals surface area contributed by atoms with E-state index in [0.29, 0.717) is 0 Å². The smallest absolute Gasteiger partial charge is 0.0194 e. The highest BCUT2D eigenvalue weighted by Gasteiger charge is 2.25. The maximum absolute atomic E-state index is 5.64. The van der Waals surface area contributed by atoms with Gasteiger partial charge in [0.05, 0.1) is 0 Å². The number of nitrogens with two attached hydrogens (primary N) is 2. The summed E-state index contributed by atoms with van der Waals surface area (Å²) in [6, 6.07) is 0.537. The normalized spacial score (nSPS) is 40.9. The SMILES string of the molecule is CC1C[C@@H](N)[C@H](N)C1. The van der Waals surface area contributed by atoms with Crippen LogP contribution in [0.25, 0.3) is 0 Å². The molecule has 2 heteroatoms. The first-order chi connectivity index (χ1) is 3.70. The topological polar surface area (TPSA) is 52.0 Å². The molecule has 0 unspecified atom stereocenters. The van der Waals surface area contributed by atoms with E-state index in [0.717, 1.165) is 18.8 Å². The van der Waals surface area contributed by atoms with Crippen LogP contribution in [-0.4, -0.2) is 12.1 Å². The predicted molar refractivity (Wildman–Crippen MR) is 34.3 cm³/mol. The van der Waals surface area contributed by atoms with E-state index in [9.17, 15) is 0 Å². The third kappa shape index (κ3) is 1.01. The van der Waals surface area contributed by atoms with Gasteiger partial charge in [0.25, 0.3) is 0 Å². The largest absolute Gasteiger partial charge is 0.326 e. The van der Waals surface area contributed by atoms with Crippen molar-refractivity contribution in [2.75, 3.05) is 0 Å². The molecule has 0 amide bonds. The second-order valence-corrected chi connectivity index (χ2v) is 2.90. The molecule has 0 saturated heterocycles. The highest BCUT2D eigenvalue weighted by Crippen LogP contribution is 2.21. The van der Waals surface area contributed by atoms with Crippen LogP contribution in [0.15, 0.2) is 0 Å². The fraction of sp³-hybridized carbons (Fsp3) is 1.00. The minimum Gasteiger partial charge on any atom is -0.326 e. The third-order valence-corrected chi connectivity index (χ3v) is 1.90. The van der Waals surface area contributed by atoms with Crippen molar-refractivity contribution in [2.24, 2.45) is 17.4 Å². The van der Waals surface area contributed by atoms with Gasteiger partial charge in [0, 0.05) is 12.1 Å². The average Bonchev–Trinajstić information content (AvgIpc) is 1.85. The molecule has 0 heterocycles. The number of hydrogen-bond acceptors (Lipinski definition) is 2. The van der Waals surface area contributed by atoms with Crippen LogP contribution in [-0.2, 0) is 0 Å². The lowest BCUT2D eigenvalue weighted by Gasteiger charge is -2.05. The average molecular weight is 114 g/mol. The molecule has 0 bridgehead atoms. The lowest BCUT2D eigenvalue weighted by molar-refractivity contribution is 0.593. The summed E-state index contributed by atoms with van der Waals surface area (Å²) >= 11 is 0. The molecule has 0 radical (unpaired) electrons. The molecule has 4 N–H and O–H groups in total. The van der Waals surface area contributed by atoms with E-state index in [2.05, 4.69) is 6.92 Å². The molecule has 0 spiro atoms. The number of hydrogen-bond donors (Lipinski definition) is 2. The van der Waals surface area contributed by atoms with Crippen LogP contribution in [0.1, 0.15) is 19.8 Å². The van der Waals surface area contributed by atoms with E-state index < -0.39 is 0 Å². The minimum absolute atomic E-state index is 0.269. The summed E-state index contributed by atoms with van der Waals surface area (Å²) in [4.78, 5) is 0. The Morgan fingerprint density at radius 2 is 1.50 bits per heavy atom. The summed E-state index contributed by atoms with van der Waals surface area (Å²) in [6.45, 7) is 2.20. The molecule has 0 aromatic carbocycles. The van der Waals surface area contributed by atoms with E-state index in [1.54, 1.807) is 0 Å². The zero-order chi connectivity index (χ0) is 6.15. The van der Waals surface area contributed by atoms with Gasteiger partial charge in [-0.15, -0.1) is 0 Å². The van der Waals surface area contributed by atoms with Crippen molar-refractivity contribution >= 4 is 0 Å². The predicted octanol–water partition coefficient (Wildman–Crippen LogP) is 0.0709. The maximum Gasteiger partial charge on any atom is 0.0194 e. The Kier molecular flexibility index (Phi) is 1.54. The molecule has 1 saturated carbocycles. The lowest BCUT2D eigenvalue weighted by Crippen LogP contribution is -2.35. The second kappa shape index (κ2) is 2.03. The van der Waals surface area contributed by atoms with Crippen molar-refractivity contribution in [3.63, 3.8) is 0 Å². The first-order valence-electron chi connectivity index (χ1n) is 3.21. The Morgan fingerprint density at radius 3 is 1.62 bits per heavy atom. The van der Waals surface area contributed by atoms with Crippen molar-refractivity contribution in [2.45, 2.75) is 31.8 Å². The van der Waals surface area contributed by atoms with Crippen LogP contribution in [0.4, 0.5) is 0 Å². The molecule has 0 aromatic rings. The van der Waals surface area contributed by atoms with Crippen LogP contribution >= 0.6 is 0 Å². The fourth-order valence-electron chi connectivity index (χ4n) is 1.38. The van der Waals surface area contributed by atoms with Crippen LogP contribution < -0.4 is 11.5 Å². The van der Waals surface area contributed by atoms with E-state index in [1.165, 1.54) is 0 Å². The van der Waals surface area contributed by atoms with E-state index in [1.807, 2.05) is 0 Å². The molecule has 1 aliphatic carbocycles. The zero-order valence-corrected chi connectivity index (χ0v) is 5.30. The van der Waals surface area contributed by atoms with Crippen molar-refractivity contribution < 1.29 is 0 Å². The molecule has 8 heavy (non-hydrogen) atoms. The summed E-state index contributed by atoms with van der Waals surface area (Å²) < 4.78 is 0. The minimum atomic E-state index is 0.269. The van der Waals surface area contributed by atoms with Crippen molar-refractivity contribution in [3.05, 3.63) is 0 Å². The first kappa shape index (κ1) is 6.05. The van der Waals surface area contributed by atoms with Crippen LogP contribution in [0, 0.1) is 5.92 Å². The van der Waals surface area contributed by atoms with Gasteiger partial charge in [0.1, 0.15) is 0 Å². The standard InChI is InChI=1S/C6H14N2/c1-4-2-5(7)6(8)3-4/h4-6H,2-3,7-8H2,1H3/t5-,6-/m1/s1. The van der Waals surface area contributed by atoms with E-state index >= 15 is 0 Å². The van der Waals surface area contributed by atoms with Gasteiger partial charge in [-0.25, -0.2) is 0 Å². The van der Waals surface area contributed by atoms with Gasteiger partial charge in [-0.3, -0.25) is 0 Å². The Hall–Kier alpha value is -0.0800. The van der Waals surface area contributed by atoms with Crippen LogP contribution in [0.3, 0.4) is 0 Å². The Balaban J connectivity index is 2.39. The highest BCUT2D eigenvalue weighted by atomic mass is 14.8. The summed E-state index contributed by atoms with van der Waals surface area (Å²) in [6.07, 6.45) is 2.22. The second-order valence-electron chi connectivity index (χ2n) is 2.90. The van der Waals surface area contributed by atoms with Crippen LogP contribution in [0.5, 0.6) is 0 Å². The summed E-state index contributed by atoms with van der Waals surface area (Å²) in [5.74, 6) is 0.750. The maximum atomic E-state index is 5.64. The molecule has 0 aliphatic heterocycles. The van der Waals surface area contributed by atoms with Crippen LogP contribution in [0.2, 0.25) is 0 Å². The lowest BCUT2D eigenvalue weighted by atomic mass is 10.1. The molecule has 1 aliphatic rings. The molecule has 48 valence electrons. The van der Waals surface area contributed by atoms with Gasteiger partial charge in [0.2, 0.25) is 0 Å². The van der Waals surface area contributed by atoms with E-state index in [4.69, 9.17) is 11.5 Å². The Morgan fingerprint density at radius 1 is 1.12 bits per heavy atom. The molecular weight excluding hydrogens is 100 g/mol. The van der Waals surface area contributed by atoms with Crippen molar-refractivity contribution in [1.82, 2.24) is 0 Å². The number of rotatable bonds is 0. The van der Waals surface area contributed by atoms with Gasteiger partial charge in [0.15, 0.2) is 0 Å². The Bertz CT molecular complexity index is 72.6. The summed E-state index contributed by atoms with van der Waals surface area (Å²) in [5.41, 5.74) is 11.3. The summed E-state index contributed by atoms with van der Waals surface area (Å²) in [7, 11) is 0. The molecule has 1 rings (SSSR count).